The number of hydrogen-bond donors (Lipinski definition) is 1. The molecule has 0 saturated carbocycles. The van der Waals surface area contributed by atoms with Crippen molar-refractivity contribution in [2.24, 2.45) is 0 Å². The molecule has 2 aromatic rings. The number of ether oxygens (including phenoxy) is 1. The normalized spacial score (nSPS) is 20.0. The molecule has 158 valence electrons. The predicted octanol–water partition coefficient (Wildman–Crippen LogP) is 3.29. The second-order valence-electron chi connectivity index (χ2n) is 7.16. The summed E-state index contributed by atoms with van der Waals surface area (Å²) < 4.78 is 43.5. The molecule has 0 aliphatic carbocycles. The van der Waals surface area contributed by atoms with Crippen LogP contribution in [-0.2, 0) is 20.5 Å². The van der Waals surface area contributed by atoms with Gasteiger partial charge in [0.1, 0.15) is 6.04 Å². The van der Waals surface area contributed by atoms with Crippen LogP contribution < -0.4 is 15.1 Å². The van der Waals surface area contributed by atoms with Gasteiger partial charge in [-0.1, -0.05) is 0 Å². The van der Waals surface area contributed by atoms with E-state index in [4.69, 9.17) is 4.74 Å². The van der Waals surface area contributed by atoms with Gasteiger partial charge in [0.05, 0.1) is 30.9 Å². The Morgan fingerprint density at radius 3 is 2.10 bits per heavy atom. The third kappa shape index (κ3) is 4.11. The highest BCUT2D eigenvalue weighted by molar-refractivity contribution is 6.23. The summed E-state index contributed by atoms with van der Waals surface area (Å²) >= 11 is 0. The van der Waals surface area contributed by atoms with Crippen LogP contribution in [0, 0.1) is 0 Å². The zero-order chi connectivity index (χ0) is 21.3. The summed E-state index contributed by atoms with van der Waals surface area (Å²) in [5.41, 5.74) is 1.03. The van der Waals surface area contributed by atoms with E-state index in [1.54, 1.807) is 0 Å². The molecular formula is C21H20F3N3O3. The van der Waals surface area contributed by atoms with Crippen LogP contribution in [0.2, 0.25) is 0 Å². The number of imide groups is 1. The lowest BCUT2D eigenvalue weighted by atomic mass is 10.2. The maximum Gasteiger partial charge on any atom is 0.416 e. The molecule has 9 heteroatoms. The summed E-state index contributed by atoms with van der Waals surface area (Å²) in [5, 5.41) is 3.05. The van der Waals surface area contributed by atoms with E-state index in [1.165, 1.54) is 0 Å². The number of nitrogens with zero attached hydrogens (tertiary/aromatic N) is 2. The second-order valence-corrected chi connectivity index (χ2v) is 7.16. The minimum atomic E-state index is -4.48. The summed E-state index contributed by atoms with van der Waals surface area (Å²) in [4.78, 5) is 28.2. The van der Waals surface area contributed by atoms with Crippen molar-refractivity contribution in [3.05, 3.63) is 54.1 Å². The number of halogens is 3. The van der Waals surface area contributed by atoms with E-state index < -0.39 is 29.6 Å². The zero-order valence-electron chi connectivity index (χ0n) is 16.0. The Morgan fingerprint density at radius 1 is 0.900 bits per heavy atom. The van der Waals surface area contributed by atoms with E-state index in [-0.39, 0.29) is 12.1 Å². The van der Waals surface area contributed by atoms with E-state index in [9.17, 15) is 22.8 Å². The molecule has 2 aromatic carbocycles. The fourth-order valence-corrected chi connectivity index (χ4v) is 3.61. The Labute approximate surface area is 171 Å². The maximum atomic E-state index is 12.7. The number of anilines is 3. The van der Waals surface area contributed by atoms with E-state index in [2.05, 4.69) is 10.2 Å². The zero-order valence-corrected chi connectivity index (χ0v) is 16.0. The van der Waals surface area contributed by atoms with Crippen molar-refractivity contribution >= 4 is 28.9 Å². The molecule has 2 fully saturated rings. The summed E-state index contributed by atoms with van der Waals surface area (Å²) in [5.74, 6) is -0.945. The van der Waals surface area contributed by atoms with Crippen LogP contribution in [0.1, 0.15) is 12.0 Å². The van der Waals surface area contributed by atoms with Crippen molar-refractivity contribution in [2.45, 2.75) is 18.6 Å². The van der Waals surface area contributed by atoms with Crippen LogP contribution >= 0.6 is 0 Å². The van der Waals surface area contributed by atoms with Gasteiger partial charge in [-0.05, 0) is 48.5 Å². The first-order chi connectivity index (χ1) is 14.3. The van der Waals surface area contributed by atoms with Crippen LogP contribution in [0.15, 0.2) is 48.5 Å². The average molecular weight is 419 g/mol. The van der Waals surface area contributed by atoms with Crippen LogP contribution in [-0.4, -0.2) is 44.2 Å². The van der Waals surface area contributed by atoms with Gasteiger partial charge in [-0.15, -0.1) is 0 Å². The number of amides is 2. The number of alkyl halides is 3. The molecule has 0 bridgehead atoms. The number of nitrogens with one attached hydrogen (secondary N) is 1. The van der Waals surface area contributed by atoms with E-state index >= 15 is 0 Å². The molecule has 30 heavy (non-hydrogen) atoms. The van der Waals surface area contributed by atoms with Gasteiger partial charge in [0.25, 0.3) is 5.91 Å². The molecule has 0 spiro atoms. The average Bonchev–Trinajstić information content (AvgIpc) is 3.01. The Hall–Kier alpha value is -3.07. The highest BCUT2D eigenvalue weighted by Gasteiger charge is 2.40. The Balaban J connectivity index is 1.44. The number of rotatable bonds is 4. The molecule has 0 aromatic heterocycles. The van der Waals surface area contributed by atoms with E-state index in [0.29, 0.717) is 18.9 Å². The summed E-state index contributed by atoms with van der Waals surface area (Å²) in [6, 6.07) is 10.8. The largest absolute Gasteiger partial charge is 0.416 e. The first kappa shape index (κ1) is 20.2. The first-order valence-corrected chi connectivity index (χ1v) is 9.56. The summed E-state index contributed by atoms with van der Waals surface area (Å²) in [7, 11) is 0. The van der Waals surface area contributed by atoms with Crippen molar-refractivity contribution in [1.29, 1.82) is 0 Å². The number of benzene rings is 2. The molecule has 0 radical (unpaired) electrons. The van der Waals surface area contributed by atoms with Crippen LogP contribution in [0.3, 0.4) is 0 Å². The van der Waals surface area contributed by atoms with E-state index in [1.807, 2.05) is 24.3 Å². The SMILES string of the molecule is O=C1C[C@H](Nc2ccc(N3CCOCC3)cc2)C(=O)N1c1ccc(C(F)(F)F)cc1. The van der Waals surface area contributed by atoms with Gasteiger partial charge >= 0.3 is 6.18 Å². The number of carbonyl (C=O) groups excluding carboxylic acids is 2. The molecule has 0 unspecified atom stereocenters. The molecule has 2 amide bonds. The molecular weight excluding hydrogens is 399 g/mol. The summed E-state index contributed by atoms with van der Waals surface area (Å²) in [6.45, 7) is 2.98. The van der Waals surface area contributed by atoms with Gasteiger partial charge in [0, 0.05) is 24.5 Å². The minimum absolute atomic E-state index is 0.0644. The predicted molar refractivity (Wildman–Crippen MR) is 105 cm³/mol. The maximum absolute atomic E-state index is 12.7. The molecule has 6 nitrogen and oxygen atoms in total. The quantitative estimate of drug-likeness (QED) is 0.771. The van der Waals surface area contributed by atoms with Gasteiger partial charge in [-0.2, -0.15) is 13.2 Å². The minimum Gasteiger partial charge on any atom is -0.378 e. The summed E-state index contributed by atoms with van der Waals surface area (Å²) in [6.07, 6.45) is -4.54. The lowest BCUT2D eigenvalue weighted by molar-refractivity contribution is -0.137. The fraction of sp³-hybridized carbons (Fsp3) is 0.333. The Bertz CT molecular complexity index is 923. The van der Waals surface area contributed by atoms with Gasteiger partial charge in [0.2, 0.25) is 5.91 Å². The molecule has 2 saturated heterocycles. The van der Waals surface area contributed by atoms with Crippen LogP contribution in [0.5, 0.6) is 0 Å². The third-order valence-corrected chi connectivity index (χ3v) is 5.18. The van der Waals surface area contributed by atoms with Crippen molar-refractivity contribution < 1.29 is 27.5 Å². The Morgan fingerprint density at radius 2 is 1.50 bits per heavy atom. The monoisotopic (exact) mass is 419 g/mol. The number of carbonyl (C=O) groups is 2. The van der Waals surface area contributed by atoms with Crippen molar-refractivity contribution in [3.63, 3.8) is 0 Å². The molecule has 2 aliphatic rings. The number of morpholine rings is 1. The van der Waals surface area contributed by atoms with Crippen molar-refractivity contribution in [3.8, 4) is 0 Å². The molecule has 2 heterocycles. The van der Waals surface area contributed by atoms with Gasteiger partial charge in [-0.25, -0.2) is 4.90 Å². The third-order valence-electron chi connectivity index (χ3n) is 5.18. The fourth-order valence-electron chi connectivity index (χ4n) is 3.61. The lowest BCUT2D eigenvalue weighted by Crippen LogP contribution is -2.36. The van der Waals surface area contributed by atoms with Crippen LogP contribution in [0.25, 0.3) is 0 Å². The highest BCUT2D eigenvalue weighted by Crippen LogP contribution is 2.32. The van der Waals surface area contributed by atoms with Crippen molar-refractivity contribution in [2.75, 3.05) is 41.4 Å². The van der Waals surface area contributed by atoms with E-state index in [0.717, 1.165) is 47.9 Å². The smallest absolute Gasteiger partial charge is 0.378 e. The number of hydrogen-bond acceptors (Lipinski definition) is 5. The first-order valence-electron chi connectivity index (χ1n) is 9.56. The van der Waals surface area contributed by atoms with Crippen LogP contribution in [0.4, 0.5) is 30.2 Å². The topological polar surface area (TPSA) is 61.9 Å². The molecule has 4 rings (SSSR count). The standard InChI is InChI=1S/C21H20F3N3O3/c22-21(23,24)14-1-5-17(6-2-14)27-19(28)13-18(20(27)29)25-15-3-7-16(8-4-15)26-9-11-30-12-10-26/h1-8,18,25H,9-13H2/t18-/m0/s1. The molecule has 2 aliphatic heterocycles. The lowest BCUT2D eigenvalue weighted by Gasteiger charge is -2.29. The highest BCUT2D eigenvalue weighted by atomic mass is 19.4. The van der Waals surface area contributed by atoms with Gasteiger partial charge in [-0.3, -0.25) is 9.59 Å². The molecule has 1 N–H and O–H groups in total. The Kier molecular flexibility index (Phi) is 5.38. The second kappa shape index (κ2) is 7.98. The molecule has 1 atom stereocenters. The van der Waals surface area contributed by atoms with Gasteiger partial charge in [0.15, 0.2) is 0 Å². The van der Waals surface area contributed by atoms with Crippen molar-refractivity contribution in [1.82, 2.24) is 0 Å². The van der Waals surface area contributed by atoms with Gasteiger partial charge < -0.3 is 15.0 Å².